The van der Waals surface area contributed by atoms with Gasteiger partial charge in [-0.3, -0.25) is 9.59 Å². The Morgan fingerprint density at radius 1 is 0.931 bits per heavy atom. The van der Waals surface area contributed by atoms with E-state index in [-0.39, 0.29) is 30.4 Å². The molecule has 0 N–H and O–H groups in total. The minimum Gasteiger partial charge on any atom is -0.372 e. The minimum atomic E-state index is 0.00341. The second-order valence-corrected chi connectivity index (χ2v) is 7.92. The second kappa shape index (κ2) is 8.78. The first kappa shape index (κ1) is 19.6. The van der Waals surface area contributed by atoms with Gasteiger partial charge in [-0.25, -0.2) is 0 Å². The summed E-state index contributed by atoms with van der Waals surface area (Å²) < 4.78 is 5.38. The van der Waals surface area contributed by atoms with E-state index in [1.54, 1.807) is 0 Å². The number of fused-ring (bicyclic) bond motifs is 1. The van der Waals surface area contributed by atoms with Crippen molar-refractivity contribution in [3.05, 3.63) is 71.8 Å². The Hall–Kier alpha value is -2.66. The van der Waals surface area contributed by atoms with E-state index in [1.807, 2.05) is 65.3 Å². The Morgan fingerprint density at radius 2 is 1.62 bits per heavy atom. The molecule has 5 heteroatoms. The van der Waals surface area contributed by atoms with Crippen molar-refractivity contribution in [1.29, 1.82) is 0 Å². The summed E-state index contributed by atoms with van der Waals surface area (Å²) in [5.41, 5.74) is 2.19. The smallest absolute Gasteiger partial charge is 0.249 e. The largest absolute Gasteiger partial charge is 0.372 e. The van der Waals surface area contributed by atoms with Gasteiger partial charge in [0, 0.05) is 38.1 Å². The first-order valence-electron chi connectivity index (χ1n) is 10.4. The van der Waals surface area contributed by atoms with Crippen LogP contribution in [0.15, 0.2) is 60.7 Å². The predicted octanol–water partition coefficient (Wildman–Crippen LogP) is 2.92. The lowest BCUT2D eigenvalue weighted by Crippen LogP contribution is -2.39. The molecule has 2 aromatic carbocycles. The molecule has 2 amide bonds. The van der Waals surface area contributed by atoms with Crippen LogP contribution >= 0.6 is 0 Å². The van der Waals surface area contributed by atoms with Crippen molar-refractivity contribution in [1.82, 2.24) is 9.80 Å². The molecule has 2 heterocycles. The molecule has 2 aromatic rings. The van der Waals surface area contributed by atoms with Crippen LogP contribution in [0, 0.1) is 11.8 Å². The summed E-state index contributed by atoms with van der Waals surface area (Å²) in [7, 11) is 0. The summed E-state index contributed by atoms with van der Waals surface area (Å²) in [6, 6.07) is 20.1. The number of rotatable bonds is 6. The van der Waals surface area contributed by atoms with Crippen molar-refractivity contribution in [3.63, 3.8) is 0 Å². The van der Waals surface area contributed by atoms with Crippen molar-refractivity contribution in [2.45, 2.75) is 19.4 Å². The summed E-state index contributed by atoms with van der Waals surface area (Å²) in [4.78, 5) is 29.6. The highest BCUT2D eigenvalue weighted by Gasteiger charge is 2.49. The number of hydrogen-bond acceptors (Lipinski definition) is 3. The Balaban J connectivity index is 1.50. The number of carbonyl (C=O) groups excluding carboxylic acids is 2. The molecule has 2 aliphatic heterocycles. The van der Waals surface area contributed by atoms with Crippen molar-refractivity contribution in [3.8, 4) is 0 Å². The molecule has 3 atom stereocenters. The Labute approximate surface area is 172 Å². The van der Waals surface area contributed by atoms with Crippen LogP contribution in [0.2, 0.25) is 0 Å². The molecule has 0 spiro atoms. The lowest BCUT2D eigenvalue weighted by atomic mass is 9.89. The van der Waals surface area contributed by atoms with E-state index < -0.39 is 0 Å². The number of amides is 2. The topological polar surface area (TPSA) is 49.9 Å². The van der Waals surface area contributed by atoms with E-state index in [0.717, 1.165) is 17.7 Å². The molecule has 29 heavy (non-hydrogen) atoms. The summed E-state index contributed by atoms with van der Waals surface area (Å²) in [5, 5.41) is 0. The zero-order valence-corrected chi connectivity index (χ0v) is 16.9. The van der Waals surface area contributed by atoms with E-state index in [0.29, 0.717) is 32.0 Å². The van der Waals surface area contributed by atoms with Crippen LogP contribution in [0.25, 0.3) is 0 Å². The molecule has 4 rings (SSSR count). The molecule has 152 valence electrons. The Morgan fingerprint density at radius 3 is 2.31 bits per heavy atom. The van der Waals surface area contributed by atoms with Gasteiger partial charge in [0.15, 0.2) is 0 Å². The summed E-state index contributed by atoms with van der Waals surface area (Å²) >= 11 is 0. The van der Waals surface area contributed by atoms with E-state index in [2.05, 4.69) is 12.1 Å². The van der Waals surface area contributed by atoms with Crippen molar-refractivity contribution >= 4 is 11.8 Å². The zero-order chi connectivity index (χ0) is 20.2. The molecule has 2 saturated heterocycles. The lowest BCUT2D eigenvalue weighted by molar-refractivity contribution is -0.137. The third kappa shape index (κ3) is 4.20. The van der Waals surface area contributed by atoms with Crippen LogP contribution in [0.1, 0.15) is 24.1 Å². The maximum absolute atomic E-state index is 12.9. The van der Waals surface area contributed by atoms with Gasteiger partial charge >= 0.3 is 0 Å². The maximum Gasteiger partial charge on any atom is 0.249 e. The van der Waals surface area contributed by atoms with Crippen molar-refractivity contribution < 1.29 is 14.3 Å². The van der Waals surface area contributed by atoms with Crippen LogP contribution in [-0.4, -0.2) is 54.5 Å². The molecule has 0 bridgehead atoms. The van der Waals surface area contributed by atoms with Gasteiger partial charge in [-0.15, -0.1) is 0 Å². The quantitative estimate of drug-likeness (QED) is 0.760. The van der Waals surface area contributed by atoms with E-state index in [1.165, 1.54) is 0 Å². The Bertz CT molecular complexity index is 840. The third-order valence-electron chi connectivity index (χ3n) is 6.11. The number of carbonyl (C=O) groups is 2. The minimum absolute atomic E-state index is 0.00341. The average Bonchev–Trinajstić information content (AvgIpc) is 3.31. The molecule has 0 unspecified atom stereocenters. The molecule has 5 nitrogen and oxygen atoms in total. The maximum atomic E-state index is 12.9. The first-order valence-corrected chi connectivity index (χ1v) is 10.4. The van der Waals surface area contributed by atoms with Gasteiger partial charge in [-0.05, 0) is 18.1 Å². The van der Waals surface area contributed by atoms with E-state index in [9.17, 15) is 9.59 Å². The zero-order valence-electron chi connectivity index (χ0n) is 16.9. The highest BCUT2D eigenvalue weighted by Crippen LogP contribution is 2.45. The SMILES string of the molecule is CCOCC(=O)N1C[C@@H]2CN(C(=O)Cc3ccccc3)C[C@@H]2[C@H]1c1ccccc1. The number of hydrogen-bond donors (Lipinski definition) is 0. The van der Waals surface area contributed by atoms with Crippen LogP contribution in [0.3, 0.4) is 0 Å². The van der Waals surface area contributed by atoms with Crippen LogP contribution in [-0.2, 0) is 20.7 Å². The van der Waals surface area contributed by atoms with Crippen LogP contribution < -0.4 is 0 Å². The standard InChI is InChI=1S/C24H28N2O3/c1-2-29-17-23(28)26-15-20-14-25(22(27)13-18-9-5-3-6-10-18)16-21(20)24(26)19-11-7-4-8-12-19/h3-12,20-21,24H,2,13-17H2,1H3/t20-,21-,24+/m0/s1. The number of likely N-dealkylation sites (tertiary alicyclic amines) is 2. The van der Waals surface area contributed by atoms with E-state index >= 15 is 0 Å². The molecule has 2 fully saturated rings. The third-order valence-corrected chi connectivity index (χ3v) is 6.11. The Kier molecular flexibility index (Phi) is 5.95. The molecular weight excluding hydrogens is 364 g/mol. The molecule has 0 aromatic heterocycles. The van der Waals surface area contributed by atoms with Crippen molar-refractivity contribution in [2.75, 3.05) is 32.8 Å². The van der Waals surface area contributed by atoms with Gasteiger partial charge in [0.05, 0.1) is 12.5 Å². The molecule has 0 aliphatic carbocycles. The lowest BCUT2D eigenvalue weighted by Gasteiger charge is -2.30. The highest BCUT2D eigenvalue weighted by molar-refractivity contribution is 5.80. The second-order valence-electron chi connectivity index (χ2n) is 7.92. The molecule has 2 aliphatic rings. The molecular formula is C24H28N2O3. The van der Waals surface area contributed by atoms with Gasteiger partial charge in [-0.2, -0.15) is 0 Å². The van der Waals surface area contributed by atoms with E-state index in [4.69, 9.17) is 4.74 Å². The first-order chi connectivity index (χ1) is 14.2. The number of benzene rings is 2. The van der Waals surface area contributed by atoms with Gasteiger partial charge in [0.2, 0.25) is 11.8 Å². The van der Waals surface area contributed by atoms with Crippen LogP contribution in [0.5, 0.6) is 0 Å². The summed E-state index contributed by atoms with van der Waals surface area (Å²) in [6.07, 6.45) is 0.434. The molecule has 0 saturated carbocycles. The highest BCUT2D eigenvalue weighted by atomic mass is 16.5. The fourth-order valence-corrected chi connectivity index (χ4v) is 4.74. The van der Waals surface area contributed by atoms with Gasteiger partial charge in [-0.1, -0.05) is 60.7 Å². The summed E-state index contributed by atoms with van der Waals surface area (Å²) in [5.74, 6) is 0.787. The normalized spacial score (nSPS) is 23.3. The van der Waals surface area contributed by atoms with Gasteiger partial charge < -0.3 is 14.5 Å². The fourth-order valence-electron chi connectivity index (χ4n) is 4.74. The van der Waals surface area contributed by atoms with Gasteiger partial charge in [0.1, 0.15) is 6.61 Å². The summed E-state index contributed by atoms with van der Waals surface area (Å²) in [6.45, 7) is 4.66. The van der Waals surface area contributed by atoms with Crippen LogP contribution in [0.4, 0.5) is 0 Å². The predicted molar refractivity (Wildman–Crippen MR) is 111 cm³/mol. The molecule has 0 radical (unpaired) electrons. The number of ether oxygens (including phenoxy) is 1. The fraction of sp³-hybridized carbons (Fsp3) is 0.417. The monoisotopic (exact) mass is 392 g/mol. The average molecular weight is 392 g/mol. The number of nitrogens with zero attached hydrogens (tertiary/aromatic N) is 2. The van der Waals surface area contributed by atoms with Crippen molar-refractivity contribution in [2.24, 2.45) is 11.8 Å². The van der Waals surface area contributed by atoms with Gasteiger partial charge in [0.25, 0.3) is 0 Å².